The van der Waals surface area contributed by atoms with Crippen LogP contribution in [0.15, 0.2) is 218 Å². The van der Waals surface area contributed by atoms with Gasteiger partial charge in [0.2, 0.25) is 0 Å². The summed E-state index contributed by atoms with van der Waals surface area (Å²) in [7, 11) is 0. The summed E-state index contributed by atoms with van der Waals surface area (Å²) in [6.07, 6.45) is 11.5. The van der Waals surface area contributed by atoms with Crippen LogP contribution in [-0.4, -0.2) is 4.57 Å². The van der Waals surface area contributed by atoms with Crippen LogP contribution in [0.3, 0.4) is 0 Å². The Hall–Kier alpha value is -7.22. The molecule has 0 saturated heterocycles. The second-order valence-corrected chi connectivity index (χ2v) is 18.3. The number of para-hydroxylation sites is 2. The fourth-order valence-electron chi connectivity index (χ4n) is 9.13. The van der Waals surface area contributed by atoms with Crippen LogP contribution in [0, 0.1) is 19.8 Å². The number of rotatable bonds is 12. The lowest BCUT2D eigenvalue weighted by Gasteiger charge is -2.13. The number of hydrogen-bond donors (Lipinski definition) is 0. The molecule has 8 aromatic carbocycles. The number of benzene rings is 8. The van der Waals surface area contributed by atoms with Gasteiger partial charge in [-0.1, -0.05) is 235 Å². The van der Waals surface area contributed by atoms with Crippen molar-refractivity contribution >= 4 is 38.5 Å². The van der Waals surface area contributed by atoms with Crippen LogP contribution in [0.1, 0.15) is 94.2 Å². The molecule has 0 N–H and O–H groups in total. The Morgan fingerprint density at radius 1 is 0.500 bits per heavy atom. The summed E-state index contributed by atoms with van der Waals surface area (Å²) < 4.78 is 2.40. The van der Waals surface area contributed by atoms with Crippen LogP contribution in [0.2, 0.25) is 0 Å². The molecule has 1 heteroatoms. The standard InChI is InChI=1S/C39H35N.C16H18.C12H16/c1-4-5-13-33(31-14-7-6-8-15-31)26-29(3)30-20-22-32(23-21-30)34-24-28(2)25-35(27-34)40-38-18-11-9-16-36(38)37-17-10-12-19-39(37)40;1-3-8-14-10-5-7-12-16(14)15-11-6-4-9-13(15)2;1-10(2)9-11(3)12-7-5-4-6-8-12/h6-27H,4-5H2,1-3H3;4-7,9-12H,3,8H2,1-2H3;4-10H,1-3H3/b29-26+,33-13+;;11-9-. The van der Waals surface area contributed by atoms with Crippen molar-refractivity contribution in [3.8, 4) is 27.9 Å². The van der Waals surface area contributed by atoms with E-state index in [1.54, 1.807) is 0 Å². The predicted molar refractivity (Wildman–Crippen MR) is 299 cm³/mol. The minimum atomic E-state index is 0.630. The van der Waals surface area contributed by atoms with E-state index in [4.69, 9.17) is 0 Å². The van der Waals surface area contributed by atoms with Gasteiger partial charge in [0.15, 0.2) is 0 Å². The summed E-state index contributed by atoms with van der Waals surface area (Å²) in [5.74, 6) is 0.630. The smallest absolute Gasteiger partial charge is 0.0541 e. The highest BCUT2D eigenvalue weighted by Gasteiger charge is 2.13. The van der Waals surface area contributed by atoms with Crippen molar-refractivity contribution in [1.29, 1.82) is 0 Å². The Morgan fingerprint density at radius 3 is 1.65 bits per heavy atom. The number of unbranched alkanes of at least 4 members (excludes halogenated alkanes) is 1. The van der Waals surface area contributed by atoms with E-state index >= 15 is 0 Å². The van der Waals surface area contributed by atoms with E-state index in [0.717, 1.165) is 19.3 Å². The summed E-state index contributed by atoms with van der Waals surface area (Å²) in [6, 6.07) is 71.9. The van der Waals surface area contributed by atoms with Gasteiger partial charge in [0.25, 0.3) is 0 Å². The normalized spacial score (nSPS) is 11.9. The summed E-state index contributed by atoms with van der Waals surface area (Å²) in [5.41, 5.74) is 20.7. The van der Waals surface area contributed by atoms with Crippen LogP contribution >= 0.6 is 0 Å². The summed E-state index contributed by atoms with van der Waals surface area (Å²) >= 11 is 0. The number of aryl methyl sites for hydroxylation is 3. The zero-order valence-corrected chi connectivity index (χ0v) is 41.6. The first-order valence-electron chi connectivity index (χ1n) is 24.7. The van der Waals surface area contributed by atoms with E-state index in [9.17, 15) is 0 Å². The molecular formula is C67H69N. The van der Waals surface area contributed by atoms with E-state index in [1.807, 2.05) is 6.07 Å². The Kier molecular flexibility index (Phi) is 17.2. The zero-order chi connectivity index (χ0) is 47.8. The monoisotopic (exact) mass is 888 g/mol. The van der Waals surface area contributed by atoms with Gasteiger partial charge in [0.05, 0.1) is 11.0 Å². The molecule has 0 aliphatic carbocycles. The number of aromatic nitrogens is 1. The van der Waals surface area contributed by atoms with Gasteiger partial charge in [-0.3, -0.25) is 0 Å². The van der Waals surface area contributed by atoms with E-state index in [-0.39, 0.29) is 0 Å². The molecule has 0 bridgehead atoms. The highest BCUT2D eigenvalue weighted by atomic mass is 15.0. The quantitative estimate of drug-likeness (QED) is 0.108. The van der Waals surface area contributed by atoms with Gasteiger partial charge in [-0.05, 0) is 143 Å². The summed E-state index contributed by atoms with van der Waals surface area (Å²) in [6.45, 7) is 17.6. The lowest BCUT2D eigenvalue weighted by Crippen LogP contribution is -1.95. The van der Waals surface area contributed by atoms with Crippen molar-refractivity contribution < 1.29 is 0 Å². The van der Waals surface area contributed by atoms with Crippen molar-refractivity contribution in [3.05, 3.63) is 252 Å². The molecule has 9 rings (SSSR count). The van der Waals surface area contributed by atoms with Crippen LogP contribution in [-0.2, 0) is 6.42 Å². The van der Waals surface area contributed by atoms with Gasteiger partial charge in [-0.25, -0.2) is 0 Å². The zero-order valence-electron chi connectivity index (χ0n) is 41.6. The number of hydrogen-bond acceptors (Lipinski definition) is 0. The molecule has 9 aromatic rings. The Bertz CT molecular complexity index is 3060. The summed E-state index contributed by atoms with van der Waals surface area (Å²) in [5, 5.41) is 2.58. The molecule has 0 unspecified atom stereocenters. The first-order chi connectivity index (χ1) is 33.1. The topological polar surface area (TPSA) is 4.93 Å². The fraction of sp³-hybridized carbons (Fsp3) is 0.194. The Balaban J connectivity index is 0.000000199. The molecule has 0 aliphatic rings. The molecule has 0 radical (unpaired) electrons. The molecule has 1 aromatic heterocycles. The van der Waals surface area contributed by atoms with Crippen molar-refractivity contribution in [1.82, 2.24) is 4.57 Å². The minimum absolute atomic E-state index is 0.630. The molecule has 0 fully saturated rings. The van der Waals surface area contributed by atoms with Gasteiger partial charge < -0.3 is 4.57 Å². The molecule has 68 heavy (non-hydrogen) atoms. The SMILES string of the molecule is C/C(=C/C(C)C)c1ccccc1.CCC/C=C(\C=C(/C)c1ccc(-c2cc(C)cc(-n3c4ccccc4c4ccccc43)c2)cc1)c1ccccc1.CCCc1ccccc1-c1ccccc1C. The van der Waals surface area contributed by atoms with Crippen molar-refractivity contribution in [3.63, 3.8) is 0 Å². The highest BCUT2D eigenvalue weighted by Crippen LogP contribution is 2.35. The lowest BCUT2D eigenvalue weighted by atomic mass is 9.94. The third-order valence-electron chi connectivity index (χ3n) is 12.5. The van der Waals surface area contributed by atoms with Crippen molar-refractivity contribution in [2.75, 3.05) is 0 Å². The van der Waals surface area contributed by atoms with E-state index < -0.39 is 0 Å². The average molecular weight is 888 g/mol. The van der Waals surface area contributed by atoms with Crippen LogP contribution in [0.5, 0.6) is 0 Å². The largest absolute Gasteiger partial charge is 0.309 e. The molecule has 0 spiro atoms. The minimum Gasteiger partial charge on any atom is -0.309 e. The molecular weight excluding hydrogens is 819 g/mol. The Morgan fingerprint density at radius 2 is 1.04 bits per heavy atom. The molecule has 1 nitrogen and oxygen atoms in total. The summed E-state index contributed by atoms with van der Waals surface area (Å²) in [4.78, 5) is 0. The molecule has 0 amide bonds. The van der Waals surface area contributed by atoms with Crippen LogP contribution in [0.4, 0.5) is 0 Å². The number of nitrogens with zero attached hydrogens (tertiary/aromatic N) is 1. The van der Waals surface area contributed by atoms with Crippen molar-refractivity contribution in [2.24, 2.45) is 5.92 Å². The van der Waals surface area contributed by atoms with Crippen LogP contribution in [0.25, 0.3) is 66.5 Å². The maximum atomic E-state index is 2.40. The van der Waals surface area contributed by atoms with E-state index in [0.29, 0.717) is 5.92 Å². The van der Waals surface area contributed by atoms with E-state index in [1.165, 1.54) is 106 Å². The van der Waals surface area contributed by atoms with E-state index in [2.05, 4.69) is 272 Å². The van der Waals surface area contributed by atoms with Gasteiger partial charge in [0.1, 0.15) is 0 Å². The Labute approximate surface area is 407 Å². The van der Waals surface area contributed by atoms with Gasteiger partial charge in [0, 0.05) is 16.5 Å². The predicted octanol–water partition coefficient (Wildman–Crippen LogP) is 19.4. The molecule has 0 aliphatic heterocycles. The molecule has 0 atom stereocenters. The first kappa shape index (κ1) is 48.7. The van der Waals surface area contributed by atoms with Gasteiger partial charge >= 0.3 is 0 Å². The van der Waals surface area contributed by atoms with Crippen molar-refractivity contribution in [2.45, 2.75) is 81.1 Å². The number of allylic oxidation sites excluding steroid dienone is 6. The molecule has 342 valence electrons. The molecule has 0 saturated carbocycles. The third kappa shape index (κ3) is 12.4. The third-order valence-corrected chi connectivity index (χ3v) is 12.5. The average Bonchev–Trinajstić information content (AvgIpc) is 3.71. The van der Waals surface area contributed by atoms with Crippen LogP contribution < -0.4 is 0 Å². The van der Waals surface area contributed by atoms with Gasteiger partial charge in [-0.2, -0.15) is 0 Å². The maximum absolute atomic E-state index is 2.40. The second kappa shape index (κ2) is 24.0. The first-order valence-corrected chi connectivity index (χ1v) is 24.7. The fourth-order valence-corrected chi connectivity index (χ4v) is 9.13. The van der Waals surface area contributed by atoms with Gasteiger partial charge in [-0.15, -0.1) is 0 Å². The highest BCUT2D eigenvalue weighted by molar-refractivity contribution is 6.09. The molecule has 1 heterocycles. The number of fused-ring (bicyclic) bond motifs is 3. The maximum Gasteiger partial charge on any atom is 0.0541 e. The lowest BCUT2D eigenvalue weighted by molar-refractivity contribution is 0.833. The second-order valence-electron chi connectivity index (χ2n) is 18.3.